The molecule has 0 spiro atoms. The number of halogens is 1. The Morgan fingerprint density at radius 3 is 2.74 bits per heavy atom. The number of nitrogens with zero attached hydrogens (tertiary/aromatic N) is 5. The van der Waals surface area contributed by atoms with Crippen molar-refractivity contribution in [3.05, 3.63) is 64.5 Å². The van der Waals surface area contributed by atoms with Crippen molar-refractivity contribution in [2.45, 2.75) is 45.3 Å². The molecule has 8 nitrogen and oxygen atoms in total. The van der Waals surface area contributed by atoms with Gasteiger partial charge in [-0.1, -0.05) is 22.8 Å². The molecule has 4 aromatic rings. The Bertz CT molecular complexity index is 1290. The van der Waals surface area contributed by atoms with Gasteiger partial charge in [-0.05, 0) is 51.0 Å². The first kappa shape index (κ1) is 23.7. The third-order valence-corrected chi connectivity index (χ3v) is 7.52. The number of carbonyl (C=O) groups excluding carboxylic acids is 1. The molecule has 5 heterocycles. The maximum atomic E-state index is 13.4. The molecule has 0 radical (unpaired) electrons. The molecule has 1 fully saturated rings. The highest BCUT2D eigenvalue weighted by Gasteiger charge is 2.25. The average molecular weight is 511 g/mol. The van der Waals surface area contributed by atoms with Crippen LogP contribution in [0.2, 0.25) is 4.34 Å². The molecule has 182 valence electrons. The highest BCUT2D eigenvalue weighted by atomic mass is 35.5. The summed E-state index contributed by atoms with van der Waals surface area (Å²) >= 11 is 7.50. The van der Waals surface area contributed by atoms with Crippen LogP contribution in [-0.4, -0.2) is 55.7 Å². The van der Waals surface area contributed by atoms with Gasteiger partial charge in [0.05, 0.1) is 22.0 Å². The van der Waals surface area contributed by atoms with Gasteiger partial charge in [0.15, 0.2) is 11.6 Å². The van der Waals surface area contributed by atoms with E-state index in [9.17, 15) is 4.79 Å². The number of hydrogen-bond acceptors (Lipinski definition) is 7. The minimum Gasteiger partial charge on any atom is -0.355 e. The van der Waals surface area contributed by atoms with Crippen molar-refractivity contribution in [1.29, 1.82) is 0 Å². The zero-order valence-electron chi connectivity index (χ0n) is 19.6. The number of carbonyl (C=O) groups is 1. The largest absolute Gasteiger partial charge is 0.355 e. The summed E-state index contributed by atoms with van der Waals surface area (Å²) < 4.78 is 8.09. The molecule has 1 aliphatic rings. The lowest BCUT2D eigenvalue weighted by atomic mass is 10.0. The number of likely N-dealkylation sites (tertiary alicyclic amines) is 1. The van der Waals surface area contributed by atoms with E-state index in [2.05, 4.69) is 39.2 Å². The standard InChI is InChI=1S/C25H27ClN6O2S/c1-16(2)31-11-8-17(9-12-31)29-25(33)20-14-28-24(19-5-3-4-10-27-19)32(20)15-18-13-21(34-30-18)22-6-7-23(26)35-22/h3-7,10,13-14,16-17H,8-9,11-12,15H2,1-2H3,(H,29,33). The molecule has 1 saturated heterocycles. The Kier molecular flexibility index (Phi) is 6.99. The normalized spacial score (nSPS) is 15.1. The predicted octanol–water partition coefficient (Wildman–Crippen LogP) is 4.97. The van der Waals surface area contributed by atoms with Gasteiger partial charge < -0.3 is 19.3 Å². The fourth-order valence-electron chi connectivity index (χ4n) is 4.35. The van der Waals surface area contributed by atoms with E-state index >= 15 is 0 Å². The second-order valence-corrected chi connectivity index (χ2v) is 10.6. The number of amides is 1. The fraction of sp³-hybridized carbons (Fsp3) is 0.360. The van der Waals surface area contributed by atoms with E-state index in [4.69, 9.17) is 16.1 Å². The van der Waals surface area contributed by atoms with Crippen LogP contribution in [0.25, 0.3) is 22.2 Å². The van der Waals surface area contributed by atoms with Crippen LogP contribution in [0, 0.1) is 0 Å². The van der Waals surface area contributed by atoms with Gasteiger partial charge in [-0.3, -0.25) is 9.78 Å². The average Bonchev–Trinajstić information content (AvgIpc) is 3.60. The SMILES string of the molecule is CC(C)N1CCC(NC(=O)c2cnc(-c3ccccn3)n2Cc2cc(-c3ccc(Cl)s3)on2)CC1. The van der Waals surface area contributed by atoms with E-state index in [1.165, 1.54) is 11.3 Å². The minimum atomic E-state index is -0.142. The molecule has 5 rings (SSSR count). The molecule has 0 atom stereocenters. The number of nitrogens with one attached hydrogen (secondary N) is 1. The molecule has 0 unspecified atom stereocenters. The summed E-state index contributed by atoms with van der Waals surface area (Å²) in [7, 11) is 0. The van der Waals surface area contributed by atoms with Crippen molar-refractivity contribution in [3.8, 4) is 22.2 Å². The topological polar surface area (TPSA) is 89.1 Å². The quantitative estimate of drug-likeness (QED) is 0.378. The van der Waals surface area contributed by atoms with Gasteiger partial charge >= 0.3 is 0 Å². The second-order valence-electron chi connectivity index (χ2n) is 8.93. The monoisotopic (exact) mass is 510 g/mol. The van der Waals surface area contributed by atoms with Gasteiger partial charge in [0.1, 0.15) is 17.1 Å². The van der Waals surface area contributed by atoms with E-state index in [0.29, 0.717) is 45.6 Å². The summed E-state index contributed by atoms with van der Waals surface area (Å²) in [5.41, 5.74) is 1.84. The Labute approximate surface area is 212 Å². The number of hydrogen-bond donors (Lipinski definition) is 1. The minimum absolute atomic E-state index is 0.140. The van der Waals surface area contributed by atoms with E-state index in [1.807, 2.05) is 41.0 Å². The van der Waals surface area contributed by atoms with Crippen LogP contribution >= 0.6 is 22.9 Å². The maximum absolute atomic E-state index is 13.4. The lowest BCUT2D eigenvalue weighted by Crippen LogP contribution is -2.46. The number of rotatable bonds is 7. The van der Waals surface area contributed by atoms with Crippen LogP contribution in [0.4, 0.5) is 0 Å². The van der Waals surface area contributed by atoms with Gasteiger partial charge in [-0.2, -0.15) is 0 Å². The molecule has 35 heavy (non-hydrogen) atoms. The van der Waals surface area contributed by atoms with Crippen molar-refractivity contribution < 1.29 is 9.32 Å². The van der Waals surface area contributed by atoms with E-state index in [1.54, 1.807) is 12.4 Å². The van der Waals surface area contributed by atoms with Gasteiger partial charge in [0.2, 0.25) is 0 Å². The van der Waals surface area contributed by atoms with Crippen LogP contribution in [0.3, 0.4) is 0 Å². The summed E-state index contributed by atoms with van der Waals surface area (Å²) in [5, 5.41) is 7.45. The van der Waals surface area contributed by atoms with Gasteiger partial charge in [-0.15, -0.1) is 11.3 Å². The fourth-order valence-corrected chi connectivity index (χ4v) is 5.34. The Morgan fingerprint density at radius 1 is 1.23 bits per heavy atom. The first-order chi connectivity index (χ1) is 17.0. The Hall–Kier alpha value is -3.01. The number of piperidine rings is 1. The molecule has 0 aliphatic carbocycles. The van der Waals surface area contributed by atoms with Crippen LogP contribution in [0.5, 0.6) is 0 Å². The summed E-state index contributed by atoms with van der Waals surface area (Å²) in [6.07, 6.45) is 5.19. The van der Waals surface area contributed by atoms with Gasteiger partial charge in [-0.25, -0.2) is 4.98 Å². The second kappa shape index (κ2) is 10.3. The summed E-state index contributed by atoms with van der Waals surface area (Å²) in [5.74, 6) is 1.10. The van der Waals surface area contributed by atoms with E-state index in [-0.39, 0.29) is 11.9 Å². The molecule has 1 aliphatic heterocycles. The third-order valence-electron chi connectivity index (χ3n) is 6.27. The Balaban J connectivity index is 1.39. The lowest BCUT2D eigenvalue weighted by Gasteiger charge is -2.34. The van der Waals surface area contributed by atoms with Crippen LogP contribution in [0.15, 0.2) is 53.3 Å². The van der Waals surface area contributed by atoms with Gasteiger partial charge in [0, 0.05) is 37.4 Å². The lowest BCUT2D eigenvalue weighted by molar-refractivity contribution is 0.0892. The predicted molar refractivity (Wildman–Crippen MR) is 137 cm³/mol. The zero-order chi connectivity index (χ0) is 24.4. The molecular formula is C25H27ClN6O2S. The summed E-state index contributed by atoms with van der Waals surface area (Å²) in [6.45, 7) is 6.70. The molecule has 0 saturated carbocycles. The number of imidazole rings is 1. The van der Waals surface area contributed by atoms with Crippen molar-refractivity contribution in [1.82, 2.24) is 29.9 Å². The number of thiophene rings is 1. The number of aromatic nitrogens is 4. The van der Waals surface area contributed by atoms with E-state index in [0.717, 1.165) is 30.8 Å². The highest BCUT2D eigenvalue weighted by Crippen LogP contribution is 2.31. The molecule has 10 heteroatoms. The van der Waals surface area contributed by atoms with Gasteiger partial charge in [0.25, 0.3) is 5.91 Å². The molecule has 1 amide bonds. The van der Waals surface area contributed by atoms with Crippen molar-refractivity contribution >= 4 is 28.8 Å². The third kappa shape index (κ3) is 5.32. The van der Waals surface area contributed by atoms with Crippen molar-refractivity contribution in [2.24, 2.45) is 0 Å². The molecule has 1 N–H and O–H groups in total. The maximum Gasteiger partial charge on any atom is 0.269 e. The first-order valence-electron chi connectivity index (χ1n) is 11.7. The smallest absolute Gasteiger partial charge is 0.269 e. The van der Waals surface area contributed by atoms with Crippen molar-refractivity contribution in [2.75, 3.05) is 13.1 Å². The molecule has 0 bridgehead atoms. The molecule has 4 aromatic heterocycles. The highest BCUT2D eigenvalue weighted by molar-refractivity contribution is 7.19. The zero-order valence-corrected chi connectivity index (χ0v) is 21.2. The van der Waals surface area contributed by atoms with Crippen LogP contribution in [0.1, 0.15) is 42.9 Å². The van der Waals surface area contributed by atoms with Crippen LogP contribution < -0.4 is 5.32 Å². The molecular weight excluding hydrogens is 484 g/mol. The first-order valence-corrected chi connectivity index (χ1v) is 12.9. The summed E-state index contributed by atoms with van der Waals surface area (Å²) in [4.78, 5) is 25.7. The van der Waals surface area contributed by atoms with Crippen LogP contribution in [-0.2, 0) is 6.54 Å². The molecule has 0 aromatic carbocycles. The Morgan fingerprint density at radius 2 is 2.06 bits per heavy atom. The van der Waals surface area contributed by atoms with E-state index < -0.39 is 0 Å². The number of pyridine rings is 1. The van der Waals surface area contributed by atoms with Crippen molar-refractivity contribution in [3.63, 3.8) is 0 Å². The summed E-state index contributed by atoms with van der Waals surface area (Å²) in [6, 6.07) is 11.9.